The molecule has 2 N–H and O–H groups in total. The maximum Gasteiger partial charge on any atom is 0.128 e. The predicted molar refractivity (Wildman–Crippen MR) is 75.6 cm³/mol. The number of aliphatic hydroxyl groups excluding tert-OH is 1. The number of hydrogen-bond acceptors (Lipinski definition) is 4. The fraction of sp³-hybridized carbons (Fsp3) is 0.667. The Bertz CT molecular complexity index is 440. The molecule has 2 heterocycles. The largest absolute Gasteiger partial charge is 0.496 e. The first kappa shape index (κ1) is 14.3. The zero-order valence-corrected chi connectivity index (χ0v) is 12.1. The maximum atomic E-state index is 9.79. The molecular formula is C15H24N2O2. The molecule has 1 aliphatic heterocycles. The summed E-state index contributed by atoms with van der Waals surface area (Å²) in [5.74, 6) is 0.923. The van der Waals surface area contributed by atoms with Crippen LogP contribution in [-0.4, -0.2) is 36.9 Å². The highest BCUT2D eigenvalue weighted by atomic mass is 16.5. The van der Waals surface area contributed by atoms with Crippen molar-refractivity contribution >= 4 is 0 Å². The zero-order valence-electron chi connectivity index (χ0n) is 12.1. The van der Waals surface area contributed by atoms with Gasteiger partial charge in [0.2, 0.25) is 0 Å². The molecule has 106 valence electrons. The van der Waals surface area contributed by atoms with Crippen LogP contribution in [0.4, 0.5) is 0 Å². The van der Waals surface area contributed by atoms with Gasteiger partial charge >= 0.3 is 0 Å². The molecule has 19 heavy (non-hydrogen) atoms. The van der Waals surface area contributed by atoms with Gasteiger partial charge in [0.15, 0.2) is 0 Å². The highest BCUT2D eigenvalue weighted by molar-refractivity contribution is 5.41. The molecule has 1 aromatic heterocycles. The molecular weight excluding hydrogens is 240 g/mol. The quantitative estimate of drug-likeness (QED) is 0.867. The Kier molecular flexibility index (Phi) is 4.42. The highest BCUT2D eigenvalue weighted by Gasteiger charge is 2.32. The van der Waals surface area contributed by atoms with Crippen LogP contribution in [-0.2, 0) is 6.42 Å². The molecule has 0 aromatic carbocycles. The molecule has 0 amide bonds. The highest BCUT2D eigenvalue weighted by Crippen LogP contribution is 2.34. The standard InChI is InChI=1S/C15H24N2O2/c1-11-9-17-13(12(2)14(11)19-3)8-15(10-18)4-6-16-7-5-15/h9,16,18H,4-8,10H2,1-3H3. The van der Waals surface area contributed by atoms with E-state index in [1.807, 2.05) is 13.1 Å². The van der Waals surface area contributed by atoms with Crippen LogP contribution in [0.2, 0.25) is 0 Å². The van der Waals surface area contributed by atoms with Crippen molar-refractivity contribution in [3.8, 4) is 5.75 Å². The summed E-state index contributed by atoms with van der Waals surface area (Å²) in [5, 5.41) is 13.1. The number of nitrogens with one attached hydrogen (secondary N) is 1. The van der Waals surface area contributed by atoms with E-state index < -0.39 is 0 Å². The minimum Gasteiger partial charge on any atom is -0.496 e. The van der Waals surface area contributed by atoms with Gasteiger partial charge in [-0.2, -0.15) is 0 Å². The summed E-state index contributed by atoms with van der Waals surface area (Å²) in [7, 11) is 1.70. The van der Waals surface area contributed by atoms with Crippen LogP contribution in [0.3, 0.4) is 0 Å². The topological polar surface area (TPSA) is 54.4 Å². The molecule has 4 nitrogen and oxygen atoms in total. The van der Waals surface area contributed by atoms with Crippen LogP contribution >= 0.6 is 0 Å². The van der Waals surface area contributed by atoms with E-state index in [0.29, 0.717) is 0 Å². The van der Waals surface area contributed by atoms with Crippen molar-refractivity contribution in [3.63, 3.8) is 0 Å². The third-order valence-corrected chi connectivity index (χ3v) is 4.29. The van der Waals surface area contributed by atoms with E-state index in [9.17, 15) is 5.11 Å². The predicted octanol–water partition coefficient (Wildman–Crippen LogP) is 1.61. The molecule has 0 aliphatic carbocycles. The monoisotopic (exact) mass is 264 g/mol. The molecule has 4 heteroatoms. The van der Waals surface area contributed by atoms with Crippen molar-refractivity contribution in [1.29, 1.82) is 0 Å². The van der Waals surface area contributed by atoms with E-state index >= 15 is 0 Å². The zero-order chi connectivity index (χ0) is 13.9. The lowest BCUT2D eigenvalue weighted by Gasteiger charge is -2.36. The number of aryl methyl sites for hydroxylation is 1. The van der Waals surface area contributed by atoms with E-state index in [4.69, 9.17) is 4.74 Å². The van der Waals surface area contributed by atoms with Gasteiger partial charge in [-0.15, -0.1) is 0 Å². The van der Waals surface area contributed by atoms with Gasteiger partial charge in [0.05, 0.1) is 7.11 Å². The number of piperidine rings is 1. The van der Waals surface area contributed by atoms with Gasteiger partial charge in [0.25, 0.3) is 0 Å². The number of pyridine rings is 1. The van der Waals surface area contributed by atoms with Crippen LogP contribution in [0.5, 0.6) is 5.75 Å². The molecule has 0 radical (unpaired) electrons. The van der Waals surface area contributed by atoms with Crippen LogP contribution in [0.15, 0.2) is 6.20 Å². The Hall–Kier alpha value is -1.13. The number of rotatable bonds is 4. The van der Waals surface area contributed by atoms with Crippen molar-refractivity contribution < 1.29 is 9.84 Å². The normalized spacial score (nSPS) is 18.3. The second kappa shape index (κ2) is 5.88. The molecule has 1 saturated heterocycles. The average Bonchev–Trinajstić information content (AvgIpc) is 2.44. The number of ether oxygens (including phenoxy) is 1. The van der Waals surface area contributed by atoms with Crippen LogP contribution in [0, 0.1) is 19.3 Å². The lowest BCUT2D eigenvalue weighted by molar-refractivity contribution is 0.0881. The van der Waals surface area contributed by atoms with Crippen molar-refractivity contribution in [2.75, 3.05) is 26.8 Å². The third-order valence-electron chi connectivity index (χ3n) is 4.29. The van der Waals surface area contributed by atoms with E-state index in [0.717, 1.165) is 54.9 Å². The summed E-state index contributed by atoms with van der Waals surface area (Å²) in [6.07, 6.45) is 4.70. The van der Waals surface area contributed by atoms with Gasteiger partial charge in [-0.05, 0) is 46.2 Å². The minimum absolute atomic E-state index is 0.0245. The van der Waals surface area contributed by atoms with Crippen LogP contribution in [0.25, 0.3) is 0 Å². The summed E-state index contributed by atoms with van der Waals surface area (Å²) in [5.41, 5.74) is 3.20. The molecule has 0 atom stereocenters. The Morgan fingerprint density at radius 3 is 2.63 bits per heavy atom. The first-order valence-electron chi connectivity index (χ1n) is 6.92. The summed E-state index contributed by atoms with van der Waals surface area (Å²) < 4.78 is 5.46. The lowest BCUT2D eigenvalue weighted by atomic mass is 9.75. The lowest BCUT2D eigenvalue weighted by Crippen LogP contribution is -2.41. The number of nitrogens with zero attached hydrogens (tertiary/aromatic N) is 1. The molecule has 0 unspecified atom stereocenters. The summed E-state index contributed by atoms with van der Waals surface area (Å²) in [6.45, 7) is 6.24. The van der Waals surface area contributed by atoms with Gasteiger partial charge in [0.1, 0.15) is 5.75 Å². The summed E-state index contributed by atoms with van der Waals surface area (Å²) in [6, 6.07) is 0. The van der Waals surface area contributed by atoms with Crippen LogP contribution in [0.1, 0.15) is 29.7 Å². The summed E-state index contributed by atoms with van der Waals surface area (Å²) in [4.78, 5) is 4.56. The molecule has 0 saturated carbocycles. The Morgan fingerprint density at radius 2 is 2.05 bits per heavy atom. The Labute approximate surface area is 115 Å². The van der Waals surface area contributed by atoms with Gasteiger partial charge in [0, 0.05) is 35.0 Å². The van der Waals surface area contributed by atoms with Crippen molar-refractivity contribution in [2.24, 2.45) is 5.41 Å². The third kappa shape index (κ3) is 2.90. The first-order valence-corrected chi connectivity index (χ1v) is 6.92. The van der Waals surface area contributed by atoms with Gasteiger partial charge in [-0.1, -0.05) is 0 Å². The van der Waals surface area contributed by atoms with Crippen molar-refractivity contribution in [2.45, 2.75) is 33.1 Å². The van der Waals surface area contributed by atoms with Crippen LogP contribution < -0.4 is 10.1 Å². The molecule has 0 bridgehead atoms. The number of aliphatic hydroxyl groups is 1. The average molecular weight is 264 g/mol. The maximum absolute atomic E-state index is 9.79. The number of methoxy groups -OCH3 is 1. The van der Waals surface area contributed by atoms with E-state index in [2.05, 4.69) is 17.2 Å². The van der Waals surface area contributed by atoms with E-state index in [-0.39, 0.29) is 12.0 Å². The van der Waals surface area contributed by atoms with Gasteiger partial charge < -0.3 is 15.2 Å². The Morgan fingerprint density at radius 1 is 1.37 bits per heavy atom. The molecule has 2 rings (SSSR count). The molecule has 1 aliphatic rings. The van der Waals surface area contributed by atoms with Gasteiger partial charge in [-0.25, -0.2) is 0 Å². The van der Waals surface area contributed by atoms with E-state index in [1.54, 1.807) is 7.11 Å². The fourth-order valence-corrected chi connectivity index (χ4v) is 2.95. The second-order valence-corrected chi connectivity index (χ2v) is 5.63. The van der Waals surface area contributed by atoms with Crippen molar-refractivity contribution in [1.82, 2.24) is 10.3 Å². The number of hydrogen-bond donors (Lipinski definition) is 2. The minimum atomic E-state index is -0.0245. The molecule has 1 aromatic rings. The smallest absolute Gasteiger partial charge is 0.128 e. The second-order valence-electron chi connectivity index (χ2n) is 5.63. The van der Waals surface area contributed by atoms with Crippen molar-refractivity contribution in [3.05, 3.63) is 23.0 Å². The van der Waals surface area contributed by atoms with Gasteiger partial charge in [-0.3, -0.25) is 4.98 Å². The number of aromatic nitrogens is 1. The molecule has 1 fully saturated rings. The molecule has 0 spiro atoms. The fourth-order valence-electron chi connectivity index (χ4n) is 2.95. The van der Waals surface area contributed by atoms with E-state index in [1.165, 1.54) is 0 Å². The summed E-state index contributed by atoms with van der Waals surface area (Å²) >= 11 is 0. The first-order chi connectivity index (χ1) is 9.12. The Balaban J connectivity index is 2.27. The SMILES string of the molecule is COc1c(C)cnc(CC2(CO)CCNCC2)c1C.